The summed E-state index contributed by atoms with van der Waals surface area (Å²) in [5.74, 6) is 0. The van der Waals surface area contributed by atoms with Gasteiger partial charge in [0.05, 0.1) is 6.20 Å². The molecule has 17 heavy (non-hydrogen) atoms. The van der Waals surface area contributed by atoms with Gasteiger partial charge in [0.15, 0.2) is 0 Å². The van der Waals surface area contributed by atoms with Crippen LogP contribution in [0.25, 0.3) is 0 Å². The Morgan fingerprint density at radius 1 is 1.29 bits per heavy atom. The topological polar surface area (TPSA) is 33.1 Å². The number of aliphatic hydroxyl groups excluding tert-OH is 1. The molecule has 90 valence electrons. The van der Waals surface area contributed by atoms with Gasteiger partial charge in [0, 0.05) is 6.42 Å². The molecule has 2 rings (SSSR count). The summed E-state index contributed by atoms with van der Waals surface area (Å²) < 4.78 is 0.611. The van der Waals surface area contributed by atoms with Crippen molar-refractivity contribution in [3.8, 4) is 0 Å². The number of benzene rings is 1. The van der Waals surface area contributed by atoms with Gasteiger partial charge in [-0.05, 0) is 17.5 Å². The second-order valence-corrected chi connectivity index (χ2v) is 5.59. The minimum absolute atomic E-state index is 0.569. The van der Waals surface area contributed by atoms with E-state index in [-0.39, 0.29) is 0 Å². The van der Waals surface area contributed by atoms with Gasteiger partial charge in [0.2, 0.25) is 0 Å². The van der Waals surface area contributed by atoms with E-state index in [2.05, 4.69) is 36.2 Å². The van der Waals surface area contributed by atoms with Gasteiger partial charge in [-0.15, -0.1) is 11.3 Å². The van der Waals surface area contributed by atoms with E-state index in [4.69, 9.17) is 11.6 Å². The second kappa shape index (κ2) is 5.63. The van der Waals surface area contributed by atoms with Crippen LogP contribution >= 0.6 is 22.9 Å². The van der Waals surface area contributed by atoms with Crippen molar-refractivity contribution in [2.45, 2.75) is 25.9 Å². The highest BCUT2D eigenvalue weighted by Crippen LogP contribution is 2.26. The molecule has 2 nitrogen and oxygen atoms in total. The minimum atomic E-state index is -0.569. The summed E-state index contributed by atoms with van der Waals surface area (Å²) >= 11 is 7.12. The van der Waals surface area contributed by atoms with Crippen LogP contribution in [0.15, 0.2) is 30.5 Å². The molecule has 0 amide bonds. The summed E-state index contributed by atoms with van der Waals surface area (Å²) in [4.78, 5) is 4.08. The smallest absolute Gasteiger partial charge is 0.123 e. The summed E-state index contributed by atoms with van der Waals surface area (Å²) in [6.45, 7) is 2.13. The summed E-state index contributed by atoms with van der Waals surface area (Å²) in [7, 11) is 0. The van der Waals surface area contributed by atoms with Crippen molar-refractivity contribution in [3.63, 3.8) is 0 Å². The van der Waals surface area contributed by atoms with E-state index in [0.717, 1.165) is 12.0 Å². The summed E-state index contributed by atoms with van der Waals surface area (Å²) in [6.07, 6.45) is 2.61. The van der Waals surface area contributed by atoms with Crippen LogP contribution in [-0.2, 0) is 12.8 Å². The van der Waals surface area contributed by atoms with Crippen molar-refractivity contribution in [2.75, 3.05) is 0 Å². The molecule has 4 heteroatoms. The molecule has 1 atom stereocenters. The van der Waals surface area contributed by atoms with Gasteiger partial charge < -0.3 is 5.11 Å². The largest absolute Gasteiger partial charge is 0.386 e. The van der Waals surface area contributed by atoms with E-state index in [0.29, 0.717) is 15.8 Å². The molecule has 0 saturated carbocycles. The van der Waals surface area contributed by atoms with Crippen LogP contribution in [0, 0.1) is 0 Å². The molecule has 0 aliphatic rings. The van der Waals surface area contributed by atoms with E-state index >= 15 is 0 Å². The molecule has 1 heterocycles. The van der Waals surface area contributed by atoms with E-state index in [1.165, 1.54) is 16.9 Å². The van der Waals surface area contributed by atoms with Crippen molar-refractivity contribution in [1.82, 2.24) is 4.98 Å². The number of aryl methyl sites for hydroxylation is 1. The van der Waals surface area contributed by atoms with Crippen LogP contribution in [0.1, 0.15) is 29.2 Å². The van der Waals surface area contributed by atoms with Crippen LogP contribution in [0.5, 0.6) is 0 Å². The van der Waals surface area contributed by atoms with Crippen molar-refractivity contribution in [2.24, 2.45) is 0 Å². The first kappa shape index (κ1) is 12.6. The van der Waals surface area contributed by atoms with Gasteiger partial charge in [-0.25, -0.2) is 4.98 Å². The number of aromatic nitrogens is 1. The first-order chi connectivity index (χ1) is 8.19. The Morgan fingerprint density at radius 3 is 2.47 bits per heavy atom. The van der Waals surface area contributed by atoms with E-state index in [1.54, 1.807) is 6.20 Å². The number of hydrogen-bond donors (Lipinski definition) is 1. The summed E-state index contributed by atoms with van der Waals surface area (Å²) in [6, 6.07) is 8.29. The zero-order valence-corrected chi connectivity index (χ0v) is 11.1. The van der Waals surface area contributed by atoms with Gasteiger partial charge in [0.1, 0.15) is 15.4 Å². The fourth-order valence-corrected chi connectivity index (χ4v) is 2.56. The van der Waals surface area contributed by atoms with Crippen LogP contribution in [0.4, 0.5) is 0 Å². The van der Waals surface area contributed by atoms with Gasteiger partial charge in [0.25, 0.3) is 0 Å². The highest BCUT2D eigenvalue weighted by molar-refractivity contribution is 7.15. The van der Waals surface area contributed by atoms with Crippen molar-refractivity contribution in [3.05, 3.63) is 50.9 Å². The summed E-state index contributed by atoms with van der Waals surface area (Å²) in [5, 5.41) is 10.7. The predicted molar refractivity (Wildman–Crippen MR) is 71.6 cm³/mol. The fraction of sp³-hybridized carbons (Fsp3) is 0.308. The van der Waals surface area contributed by atoms with Gasteiger partial charge in [-0.3, -0.25) is 0 Å². The third-order valence-electron chi connectivity index (χ3n) is 2.64. The lowest BCUT2D eigenvalue weighted by Crippen LogP contribution is -2.01. The first-order valence-corrected chi connectivity index (χ1v) is 6.75. The lowest BCUT2D eigenvalue weighted by molar-refractivity contribution is 0.178. The normalized spacial score (nSPS) is 12.6. The average Bonchev–Trinajstić information content (AvgIpc) is 2.77. The van der Waals surface area contributed by atoms with Crippen molar-refractivity contribution >= 4 is 22.9 Å². The predicted octanol–water partition coefficient (Wildman–Crippen LogP) is 3.64. The number of nitrogens with zero attached hydrogens (tertiary/aromatic N) is 1. The Kier molecular flexibility index (Phi) is 4.15. The maximum Gasteiger partial charge on any atom is 0.123 e. The van der Waals surface area contributed by atoms with E-state index in [9.17, 15) is 5.11 Å². The van der Waals surface area contributed by atoms with Crippen LogP contribution in [0.2, 0.25) is 4.34 Å². The molecule has 1 unspecified atom stereocenters. The molecule has 0 bridgehead atoms. The van der Waals surface area contributed by atoms with Gasteiger partial charge in [-0.1, -0.05) is 42.8 Å². The van der Waals surface area contributed by atoms with Crippen LogP contribution in [-0.4, -0.2) is 10.1 Å². The number of thiazole rings is 1. The fourth-order valence-electron chi connectivity index (χ4n) is 1.64. The molecule has 0 radical (unpaired) electrons. The third-order valence-corrected chi connectivity index (χ3v) is 3.86. The molecule has 0 spiro atoms. The molecule has 0 aliphatic carbocycles. The lowest BCUT2D eigenvalue weighted by Gasteiger charge is -2.07. The highest BCUT2D eigenvalue weighted by Gasteiger charge is 2.12. The highest BCUT2D eigenvalue weighted by atomic mass is 35.5. The molecule has 1 aromatic carbocycles. The van der Waals surface area contributed by atoms with Gasteiger partial charge >= 0.3 is 0 Å². The van der Waals surface area contributed by atoms with Crippen LogP contribution < -0.4 is 0 Å². The Hall–Kier alpha value is -0.900. The second-order valence-electron chi connectivity index (χ2n) is 3.89. The molecule has 1 N–H and O–H groups in total. The molecular weight excluding hydrogens is 254 g/mol. The Bertz CT molecular complexity index is 480. The molecule has 1 aromatic heterocycles. The lowest BCUT2D eigenvalue weighted by atomic mass is 10.1. The molecule has 0 fully saturated rings. The molecule has 0 saturated heterocycles. The van der Waals surface area contributed by atoms with Gasteiger partial charge in [-0.2, -0.15) is 0 Å². The quantitative estimate of drug-likeness (QED) is 0.918. The average molecular weight is 268 g/mol. The molecular formula is C13H14ClNOS. The standard InChI is InChI=1S/C13H14ClNOS/c1-2-9-3-5-10(6-4-9)7-11(16)13-15-8-12(14)17-13/h3-6,8,11,16H,2,7H2,1H3. The zero-order chi connectivity index (χ0) is 12.3. The number of rotatable bonds is 4. The van der Waals surface area contributed by atoms with Crippen LogP contribution in [0.3, 0.4) is 0 Å². The van der Waals surface area contributed by atoms with E-state index < -0.39 is 6.10 Å². The monoisotopic (exact) mass is 267 g/mol. The van der Waals surface area contributed by atoms with Crippen molar-refractivity contribution in [1.29, 1.82) is 0 Å². The summed E-state index contributed by atoms with van der Waals surface area (Å²) in [5.41, 5.74) is 2.42. The Morgan fingerprint density at radius 2 is 1.94 bits per heavy atom. The van der Waals surface area contributed by atoms with Crippen molar-refractivity contribution < 1.29 is 5.11 Å². The third kappa shape index (κ3) is 3.28. The molecule has 0 aliphatic heterocycles. The maximum absolute atomic E-state index is 10.0. The van der Waals surface area contributed by atoms with E-state index in [1.807, 2.05) is 0 Å². The Labute approximate surface area is 110 Å². The number of halogens is 1. The zero-order valence-electron chi connectivity index (χ0n) is 9.56. The molecule has 2 aromatic rings. The Balaban J connectivity index is 2.04. The number of aliphatic hydroxyl groups is 1. The minimum Gasteiger partial charge on any atom is -0.386 e. The first-order valence-electron chi connectivity index (χ1n) is 5.56. The SMILES string of the molecule is CCc1ccc(CC(O)c2ncc(Cl)s2)cc1. The number of hydrogen-bond acceptors (Lipinski definition) is 3. The maximum atomic E-state index is 10.0.